The molecule has 0 spiro atoms. The third-order valence-corrected chi connectivity index (χ3v) is 4.35. The van der Waals surface area contributed by atoms with Gasteiger partial charge in [0.1, 0.15) is 10.0 Å². The molecule has 1 saturated carbocycles. The molecule has 1 aliphatic carbocycles. The van der Waals surface area contributed by atoms with E-state index in [1.54, 1.807) is 6.92 Å². The van der Waals surface area contributed by atoms with Crippen LogP contribution in [0.4, 0.5) is 0 Å². The molecule has 88 valence electrons. The van der Waals surface area contributed by atoms with Crippen molar-refractivity contribution in [2.24, 2.45) is 0 Å². The number of carbonyl (C=O) groups excluding carboxylic acids is 1. The monoisotopic (exact) mass is 326 g/mol. The molecule has 3 nitrogen and oxygen atoms in total. The fourth-order valence-electron chi connectivity index (χ4n) is 1.85. The third-order valence-electron chi connectivity index (χ3n) is 2.97. The Hall–Kier alpha value is 0.160. The molecule has 0 amide bonds. The van der Waals surface area contributed by atoms with E-state index >= 15 is 0 Å². The molecule has 15 heavy (non-hydrogen) atoms. The molecule has 0 radical (unpaired) electrons. The van der Waals surface area contributed by atoms with Crippen molar-refractivity contribution in [1.29, 1.82) is 0 Å². The Kier molecular flexibility index (Phi) is 4.83. The fraction of sp³-hybridized carbons (Fsp3) is 0.909. The molecule has 0 heterocycles. The largest absolute Gasteiger partial charge is 0.459 e. The standard InChI is InChI=1S/C11H19IO3/c1-3-8(12)10(13)15-9-6-4-5-7-11(9,2)14/h8-9,14H,3-7H2,1-2H3. The summed E-state index contributed by atoms with van der Waals surface area (Å²) in [7, 11) is 0. The van der Waals surface area contributed by atoms with Crippen LogP contribution in [0.3, 0.4) is 0 Å². The summed E-state index contributed by atoms with van der Waals surface area (Å²) in [6, 6.07) is 0. The van der Waals surface area contributed by atoms with Crippen molar-refractivity contribution in [2.75, 3.05) is 0 Å². The zero-order valence-corrected chi connectivity index (χ0v) is 11.5. The zero-order valence-electron chi connectivity index (χ0n) is 9.33. The molecule has 0 aliphatic heterocycles. The van der Waals surface area contributed by atoms with Gasteiger partial charge >= 0.3 is 5.97 Å². The van der Waals surface area contributed by atoms with Crippen molar-refractivity contribution < 1.29 is 14.6 Å². The highest BCUT2D eigenvalue weighted by Crippen LogP contribution is 2.31. The van der Waals surface area contributed by atoms with Gasteiger partial charge in [0.25, 0.3) is 0 Å². The smallest absolute Gasteiger partial charge is 0.319 e. The van der Waals surface area contributed by atoms with Crippen LogP contribution in [-0.4, -0.2) is 26.7 Å². The van der Waals surface area contributed by atoms with Crippen molar-refractivity contribution in [2.45, 2.75) is 61.6 Å². The third kappa shape index (κ3) is 3.59. The quantitative estimate of drug-likeness (QED) is 0.492. The average molecular weight is 326 g/mol. The second kappa shape index (κ2) is 5.48. The molecule has 0 aromatic heterocycles. The number of aliphatic hydroxyl groups is 1. The molecular weight excluding hydrogens is 307 g/mol. The second-order valence-electron chi connectivity index (χ2n) is 4.40. The van der Waals surface area contributed by atoms with Crippen LogP contribution in [0, 0.1) is 0 Å². The summed E-state index contributed by atoms with van der Waals surface area (Å²) >= 11 is 2.08. The lowest BCUT2D eigenvalue weighted by Gasteiger charge is -2.36. The van der Waals surface area contributed by atoms with Gasteiger partial charge in [-0.05, 0) is 32.6 Å². The Morgan fingerprint density at radius 2 is 2.33 bits per heavy atom. The summed E-state index contributed by atoms with van der Waals surface area (Å²) in [6.45, 7) is 3.72. The van der Waals surface area contributed by atoms with E-state index in [-0.39, 0.29) is 16.0 Å². The lowest BCUT2D eigenvalue weighted by molar-refractivity contribution is -0.167. The first-order valence-electron chi connectivity index (χ1n) is 5.54. The number of esters is 1. The van der Waals surface area contributed by atoms with Gasteiger partial charge in [-0.1, -0.05) is 35.9 Å². The van der Waals surface area contributed by atoms with Crippen LogP contribution in [0.2, 0.25) is 0 Å². The van der Waals surface area contributed by atoms with E-state index in [0.717, 1.165) is 32.1 Å². The normalized spacial score (nSPS) is 33.5. The first-order valence-corrected chi connectivity index (χ1v) is 6.79. The van der Waals surface area contributed by atoms with Gasteiger partial charge in [0.15, 0.2) is 0 Å². The number of rotatable bonds is 3. The molecule has 4 heteroatoms. The van der Waals surface area contributed by atoms with E-state index in [0.29, 0.717) is 0 Å². The molecule has 1 fully saturated rings. The van der Waals surface area contributed by atoms with Gasteiger partial charge in [0.05, 0.1) is 5.60 Å². The first kappa shape index (κ1) is 13.2. The number of hydrogen-bond acceptors (Lipinski definition) is 3. The molecule has 0 bridgehead atoms. The van der Waals surface area contributed by atoms with Gasteiger partial charge < -0.3 is 9.84 Å². The number of hydrogen-bond donors (Lipinski definition) is 1. The average Bonchev–Trinajstić information content (AvgIpc) is 2.19. The molecule has 0 aromatic rings. The van der Waals surface area contributed by atoms with Crippen LogP contribution in [0.25, 0.3) is 0 Å². The van der Waals surface area contributed by atoms with E-state index in [2.05, 4.69) is 22.6 Å². The maximum Gasteiger partial charge on any atom is 0.319 e. The Morgan fingerprint density at radius 3 is 2.87 bits per heavy atom. The van der Waals surface area contributed by atoms with Gasteiger partial charge in [-0.3, -0.25) is 4.79 Å². The first-order chi connectivity index (χ1) is 6.97. The summed E-state index contributed by atoms with van der Waals surface area (Å²) in [5.41, 5.74) is -0.835. The number of ether oxygens (including phenoxy) is 1. The Morgan fingerprint density at radius 1 is 1.67 bits per heavy atom. The summed E-state index contributed by atoms with van der Waals surface area (Å²) in [4.78, 5) is 11.6. The Labute approximate surface area is 105 Å². The molecule has 0 aromatic carbocycles. The number of halogens is 1. The summed E-state index contributed by atoms with van der Waals surface area (Å²) in [5.74, 6) is -0.190. The predicted octanol–water partition coefficient (Wildman–Crippen LogP) is 2.44. The van der Waals surface area contributed by atoms with Crippen LogP contribution in [-0.2, 0) is 9.53 Å². The molecule has 1 N–H and O–H groups in total. The van der Waals surface area contributed by atoms with Gasteiger partial charge in [0, 0.05) is 0 Å². The zero-order chi connectivity index (χ0) is 11.5. The van der Waals surface area contributed by atoms with Crippen molar-refractivity contribution in [3.63, 3.8) is 0 Å². The molecule has 3 atom stereocenters. The van der Waals surface area contributed by atoms with Crippen molar-refractivity contribution >= 4 is 28.6 Å². The second-order valence-corrected chi connectivity index (χ2v) is 5.91. The van der Waals surface area contributed by atoms with E-state index in [1.807, 2.05) is 6.92 Å². The van der Waals surface area contributed by atoms with Crippen molar-refractivity contribution in [1.82, 2.24) is 0 Å². The van der Waals surface area contributed by atoms with Crippen LogP contribution in [0.5, 0.6) is 0 Å². The Balaban J connectivity index is 2.52. The Bertz CT molecular complexity index is 228. The lowest BCUT2D eigenvalue weighted by Crippen LogP contribution is -2.45. The van der Waals surface area contributed by atoms with E-state index in [9.17, 15) is 9.90 Å². The number of alkyl halides is 1. The van der Waals surface area contributed by atoms with Crippen molar-refractivity contribution in [3.05, 3.63) is 0 Å². The summed E-state index contributed by atoms with van der Waals surface area (Å²) in [6.07, 6.45) is 4.01. The molecule has 3 unspecified atom stereocenters. The highest BCUT2D eigenvalue weighted by molar-refractivity contribution is 14.1. The minimum absolute atomic E-state index is 0.0969. The van der Waals surface area contributed by atoms with Gasteiger partial charge in [0.2, 0.25) is 0 Å². The van der Waals surface area contributed by atoms with E-state index in [4.69, 9.17) is 4.74 Å². The van der Waals surface area contributed by atoms with Gasteiger partial charge in [-0.25, -0.2) is 0 Å². The minimum Gasteiger partial charge on any atom is -0.459 e. The van der Waals surface area contributed by atoms with E-state index in [1.165, 1.54) is 0 Å². The summed E-state index contributed by atoms with van der Waals surface area (Å²) < 4.78 is 5.27. The lowest BCUT2D eigenvalue weighted by atomic mass is 9.84. The molecular formula is C11H19IO3. The maximum absolute atomic E-state index is 11.6. The molecule has 1 aliphatic rings. The topological polar surface area (TPSA) is 46.5 Å². The number of carbonyl (C=O) groups is 1. The minimum atomic E-state index is -0.835. The van der Waals surface area contributed by atoms with Crippen LogP contribution < -0.4 is 0 Å². The van der Waals surface area contributed by atoms with E-state index < -0.39 is 5.60 Å². The van der Waals surface area contributed by atoms with Crippen LogP contribution in [0.15, 0.2) is 0 Å². The fourth-order valence-corrected chi connectivity index (χ4v) is 2.00. The molecule has 0 saturated heterocycles. The predicted molar refractivity (Wildman–Crippen MR) is 67.1 cm³/mol. The van der Waals surface area contributed by atoms with Crippen LogP contribution >= 0.6 is 22.6 Å². The highest BCUT2D eigenvalue weighted by Gasteiger charge is 2.37. The van der Waals surface area contributed by atoms with Gasteiger partial charge in [-0.15, -0.1) is 0 Å². The molecule has 1 rings (SSSR count). The van der Waals surface area contributed by atoms with Crippen LogP contribution in [0.1, 0.15) is 46.0 Å². The maximum atomic E-state index is 11.6. The van der Waals surface area contributed by atoms with Crippen molar-refractivity contribution in [3.8, 4) is 0 Å². The SMILES string of the molecule is CCC(I)C(=O)OC1CCCCC1(C)O. The van der Waals surface area contributed by atoms with Gasteiger partial charge in [-0.2, -0.15) is 0 Å². The summed E-state index contributed by atoms with van der Waals surface area (Å²) in [5, 5.41) is 10.1. The highest BCUT2D eigenvalue weighted by atomic mass is 127.